The van der Waals surface area contributed by atoms with Crippen LogP contribution in [0.2, 0.25) is 0 Å². The van der Waals surface area contributed by atoms with Crippen molar-refractivity contribution in [1.29, 1.82) is 0 Å². The number of carbonyl (C=O) groups is 2. The number of nitrogens with zero attached hydrogens (tertiary/aromatic N) is 1. The fraction of sp³-hybridized carbons (Fsp3) is 0.481. The molecule has 0 bridgehead atoms. The molecule has 2 aromatic rings. The second-order valence-corrected chi connectivity index (χ2v) is 8.64. The number of benzene rings is 2. The van der Waals surface area contributed by atoms with E-state index >= 15 is 0 Å². The van der Waals surface area contributed by atoms with E-state index in [1.165, 1.54) is 24.8 Å². The number of methoxy groups -OCH3 is 1. The third kappa shape index (κ3) is 7.32. The van der Waals surface area contributed by atoms with Gasteiger partial charge in [-0.25, -0.2) is 0 Å². The van der Waals surface area contributed by atoms with Crippen LogP contribution in [0, 0.1) is 0 Å². The van der Waals surface area contributed by atoms with E-state index in [1.807, 2.05) is 36.4 Å². The highest BCUT2D eigenvalue weighted by Crippen LogP contribution is 2.28. The first-order valence-corrected chi connectivity index (χ1v) is 12.2. The molecular formula is C27H37N3O3. The topological polar surface area (TPSA) is 70.7 Å². The largest absolute Gasteiger partial charge is 0.385 e. The van der Waals surface area contributed by atoms with Crippen LogP contribution in [-0.2, 0) is 11.2 Å². The zero-order valence-electron chi connectivity index (χ0n) is 20.0. The summed E-state index contributed by atoms with van der Waals surface area (Å²) in [6.45, 7) is 5.24. The minimum atomic E-state index is -0.171. The molecule has 0 spiro atoms. The number of nitrogens with one attached hydrogen (secondary N) is 2. The molecule has 0 unspecified atom stereocenters. The van der Waals surface area contributed by atoms with Gasteiger partial charge in [-0.1, -0.05) is 31.9 Å². The summed E-state index contributed by atoms with van der Waals surface area (Å²) in [6, 6.07) is 13.4. The van der Waals surface area contributed by atoms with Crippen LogP contribution >= 0.6 is 0 Å². The average molecular weight is 452 g/mol. The maximum atomic E-state index is 12.9. The molecule has 1 heterocycles. The number of amides is 2. The van der Waals surface area contributed by atoms with Gasteiger partial charge in [-0.3, -0.25) is 9.59 Å². The van der Waals surface area contributed by atoms with Crippen molar-refractivity contribution in [2.24, 2.45) is 0 Å². The molecule has 1 aliphatic heterocycles. The maximum Gasteiger partial charge on any atom is 0.255 e. The highest BCUT2D eigenvalue weighted by Gasteiger charge is 2.20. The molecule has 0 atom stereocenters. The van der Waals surface area contributed by atoms with Crippen molar-refractivity contribution < 1.29 is 14.3 Å². The van der Waals surface area contributed by atoms with Gasteiger partial charge in [0.15, 0.2) is 0 Å². The Hall–Kier alpha value is -2.86. The Kier molecular flexibility index (Phi) is 9.76. The molecule has 33 heavy (non-hydrogen) atoms. The van der Waals surface area contributed by atoms with E-state index in [9.17, 15) is 9.59 Å². The van der Waals surface area contributed by atoms with Gasteiger partial charge in [0.2, 0.25) is 0 Å². The Balaban J connectivity index is 1.70. The summed E-state index contributed by atoms with van der Waals surface area (Å²) >= 11 is 0. The van der Waals surface area contributed by atoms with E-state index in [0.29, 0.717) is 30.0 Å². The van der Waals surface area contributed by atoms with Gasteiger partial charge in [0.05, 0.1) is 5.56 Å². The first kappa shape index (κ1) is 24.8. The number of aryl methyl sites for hydroxylation is 1. The standard InChI is InChI=1S/C27H37N3O3/c1-3-4-5-9-21-10-12-22(13-11-21)26(31)29-23-14-15-25(30-17-6-7-18-30)24(20-23)27(32)28-16-8-19-33-2/h10-15,20H,3-9,16-19H2,1-2H3,(H,28,32)(H,29,31). The number of ether oxygens (including phenoxy) is 1. The van der Waals surface area contributed by atoms with Gasteiger partial charge in [-0.05, 0) is 68.0 Å². The third-order valence-corrected chi connectivity index (χ3v) is 6.04. The van der Waals surface area contributed by atoms with Crippen LogP contribution in [0.1, 0.15) is 71.7 Å². The second-order valence-electron chi connectivity index (χ2n) is 8.64. The molecular weight excluding hydrogens is 414 g/mol. The van der Waals surface area contributed by atoms with E-state index < -0.39 is 0 Å². The molecule has 2 aromatic carbocycles. The minimum absolute atomic E-state index is 0.125. The fourth-order valence-corrected chi connectivity index (χ4v) is 4.15. The number of unbranched alkanes of at least 4 members (excludes halogenated alkanes) is 2. The Bertz CT molecular complexity index is 905. The summed E-state index contributed by atoms with van der Waals surface area (Å²) in [5.41, 5.74) is 4.01. The van der Waals surface area contributed by atoms with E-state index in [4.69, 9.17) is 4.74 Å². The summed E-state index contributed by atoms with van der Waals surface area (Å²) in [5.74, 6) is -0.295. The summed E-state index contributed by atoms with van der Waals surface area (Å²) in [5, 5.41) is 5.94. The lowest BCUT2D eigenvalue weighted by Crippen LogP contribution is -2.29. The number of hydrogen-bond acceptors (Lipinski definition) is 4. The van der Waals surface area contributed by atoms with E-state index in [2.05, 4.69) is 22.5 Å². The van der Waals surface area contributed by atoms with Gasteiger partial charge in [0.1, 0.15) is 0 Å². The molecule has 0 aromatic heterocycles. The number of rotatable bonds is 12. The normalized spacial score (nSPS) is 13.2. The summed E-state index contributed by atoms with van der Waals surface area (Å²) in [4.78, 5) is 28.0. The minimum Gasteiger partial charge on any atom is -0.385 e. The molecule has 6 nitrogen and oxygen atoms in total. The van der Waals surface area contributed by atoms with Gasteiger partial charge >= 0.3 is 0 Å². The lowest BCUT2D eigenvalue weighted by atomic mass is 10.0. The highest BCUT2D eigenvalue weighted by molar-refractivity contribution is 6.06. The zero-order chi connectivity index (χ0) is 23.5. The van der Waals surface area contributed by atoms with Crippen molar-refractivity contribution in [2.45, 2.75) is 51.9 Å². The van der Waals surface area contributed by atoms with Crippen LogP contribution in [0.3, 0.4) is 0 Å². The van der Waals surface area contributed by atoms with Gasteiger partial charge in [-0.15, -0.1) is 0 Å². The number of anilines is 2. The third-order valence-electron chi connectivity index (χ3n) is 6.04. The molecule has 1 fully saturated rings. The van der Waals surface area contributed by atoms with E-state index in [-0.39, 0.29) is 11.8 Å². The summed E-state index contributed by atoms with van der Waals surface area (Å²) in [6.07, 6.45) is 7.64. The van der Waals surface area contributed by atoms with E-state index in [0.717, 1.165) is 44.5 Å². The van der Waals surface area contributed by atoms with Crippen LogP contribution in [-0.4, -0.2) is 45.2 Å². The molecule has 0 aliphatic carbocycles. The molecule has 1 aliphatic rings. The molecule has 178 valence electrons. The summed E-state index contributed by atoms with van der Waals surface area (Å²) in [7, 11) is 1.65. The fourth-order valence-electron chi connectivity index (χ4n) is 4.15. The van der Waals surface area contributed by atoms with Crippen LogP contribution in [0.4, 0.5) is 11.4 Å². The Morgan fingerprint density at radius 2 is 1.73 bits per heavy atom. The number of hydrogen-bond donors (Lipinski definition) is 2. The monoisotopic (exact) mass is 451 g/mol. The average Bonchev–Trinajstić information content (AvgIpc) is 3.37. The molecule has 0 saturated carbocycles. The lowest BCUT2D eigenvalue weighted by Gasteiger charge is -2.22. The van der Waals surface area contributed by atoms with Crippen molar-refractivity contribution in [3.63, 3.8) is 0 Å². The first-order valence-electron chi connectivity index (χ1n) is 12.2. The maximum absolute atomic E-state index is 12.9. The second kappa shape index (κ2) is 13.0. The molecule has 2 N–H and O–H groups in total. The molecule has 1 saturated heterocycles. The Labute approximate surface area is 197 Å². The molecule has 6 heteroatoms. The van der Waals surface area contributed by atoms with Crippen molar-refractivity contribution in [3.8, 4) is 0 Å². The SMILES string of the molecule is CCCCCc1ccc(C(=O)Nc2ccc(N3CCCC3)c(C(=O)NCCCOC)c2)cc1. The van der Waals surface area contributed by atoms with Crippen LogP contribution in [0.15, 0.2) is 42.5 Å². The summed E-state index contributed by atoms with van der Waals surface area (Å²) < 4.78 is 5.06. The van der Waals surface area contributed by atoms with Crippen LogP contribution in [0.25, 0.3) is 0 Å². The smallest absolute Gasteiger partial charge is 0.255 e. The van der Waals surface area contributed by atoms with Gasteiger partial charge < -0.3 is 20.3 Å². The predicted octanol–water partition coefficient (Wildman–Crippen LogP) is 5.04. The van der Waals surface area contributed by atoms with Crippen LogP contribution < -0.4 is 15.5 Å². The van der Waals surface area contributed by atoms with Gasteiger partial charge in [0, 0.05) is 50.3 Å². The van der Waals surface area contributed by atoms with Gasteiger partial charge in [-0.2, -0.15) is 0 Å². The lowest BCUT2D eigenvalue weighted by molar-refractivity contribution is 0.0947. The predicted molar refractivity (Wildman–Crippen MR) is 134 cm³/mol. The van der Waals surface area contributed by atoms with Crippen molar-refractivity contribution >= 4 is 23.2 Å². The van der Waals surface area contributed by atoms with Crippen molar-refractivity contribution in [3.05, 3.63) is 59.2 Å². The highest BCUT2D eigenvalue weighted by atomic mass is 16.5. The molecule has 0 radical (unpaired) electrons. The van der Waals surface area contributed by atoms with Crippen molar-refractivity contribution in [1.82, 2.24) is 5.32 Å². The molecule has 2 amide bonds. The van der Waals surface area contributed by atoms with Gasteiger partial charge in [0.25, 0.3) is 11.8 Å². The van der Waals surface area contributed by atoms with Crippen molar-refractivity contribution in [2.75, 3.05) is 43.6 Å². The Morgan fingerprint density at radius 3 is 2.42 bits per heavy atom. The zero-order valence-corrected chi connectivity index (χ0v) is 20.0. The van der Waals surface area contributed by atoms with Crippen LogP contribution in [0.5, 0.6) is 0 Å². The molecule has 3 rings (SSSR count). The van der Waals surface area contributed by atoms with E-state index in [1.54, 1.807) is 13.2 Å². The quantitative estimate of drug-likeness (QED) is 0.444. The number of carbonyl (C=O) groups excluding carboxylic acids is 2. The first-order chi connectivity index (χ1) is 16.1. The Morgan fingerprint density at radius 1 is 0.970 bits per heavy atom.